The Morgan fingerprint density at radius 1 is 0.966 bits per heavy atom. The van der Waals surface area contributed by atoms with Gasteiger partial charge in [0.2, 0.25) is 0 Å². The molecule has 0 unspecified atom stereocenters. The molecule has 4 aromatic rings. The summed E-state index contributed by atoms with van der Waals surface area (Å²) >= 11 is 6.21. The van der Waals surface area contributed by atoms with E-state index >= 15 is 0 Å². The van der Waals surface area contributed by atoms with E-state index in [4.69, 9.17) is 11.6 Å². The number of aromatic nitrogens is 1. The largest absolute Gasteiger partial charge is 0.313 e. The van der Waals surface area contributed by atoms with Crippen molar-refractivity contribution in [2.24, 2.45) is 0 Å². The Labute approximate surface area is 174 Å². The SMILES string of the molecule is Cc1cccn2c(C=O)c(-c3cc(Cl)ccc3S(=O)(=O)Cc3ccccc3)cc12. The first kappa shape index (κ1) is 19.4. The number of halogens is 1. The van der Waals surface area contributed by atoms with E-state index in [2.05, 4.69) is 0 Å². The highest BCUT2D eigenvalue weighted by Gasteiger charge is 2.23. The number of aryl methyl sites for hydroxylation is 1. The fourth-order valence-corrected chi connectivity index (χ4v) is 5.29. The smallest absolute Gasteiger partial charge is 0.183 e. The molecule has 2 aromatic heterocycles. The second-order valence-electron chi connectivity index (χ2n) is 6.89. The molecule has 0 aliphatic carbocycles. The van der Waals surface area contributed by atoms with E-state index in [9.17, 15) is 13.2 Å². The summed E-state index contributed by atoms with van der Waals surface area (Å²) in [5, 5.41) is 0.405. The summed E-state index contributed by atoms with van der Waals surface area (Å²) in [5.74, 6) is -0.134. The fourth-order valence-electron chi connectivity index (χ4n) is 3.55. The number of benzene rings is 2. The Balaban J connectivity index is 1.95. The van der Waals surface area contributed by atoms with Crippen molar-refractivity contribution in [2.45, 2.75) is 17.6 Å². The molecule has 4 rings (SSSR count). The number of hydrogen-bond donors (Lipinski definition) is 0. The van der Waals surface area contributed by atoms with Crippen molar-refractivity contribution in [1.82, 2.24) is 4.40 Å². The molecule has 0 bridgehead atoms. The Bertz CT molecular complexity index is 1330. The van der Waals surface area contributed by atoms with Crippen LogP contribution in [0.4, 0.5) is 0 Å². The molecule has 0 radical (unpaired) electrons. The van der Waals surface area contributed by atoms with Crippen LogP contribution in [0.2, 0.25) is 5.02 Å². The van der Waals surface area contributed by atoms with E-state index in [1.165, 1.54) is 6.07 Å². The van der Waals surface area contributed by atoms with Gasteiger partial charge in [-0.15, -0.1) is 0 Å². The minimum absolute atomic E-state index is 0.134. The molecular formula is C23H18ClNO3S. The van der Waals surface area contributed by atoms with Crippen molar-refractivity contribution < 1.29 is 13.2 Å². The van der Waals surface area contributed by atoms with Crippen LogP contribution >= 0.6 is 11.6 Å². The van der Waals surface area contributed by atoms with Gasteiger partial charge in [-0.2, -0.15) is 0 Å². The maximum atomic E-state index is 13.3. The summed E-state index contributed by atoms with van der Waals surface area (Å²) in [5.41, 5.74) is 3.89. The van der Waals surface area contributed by atoms with Crippen molar-refractivity contribution in [1.29, 1.82) is 0 Å². The number of hydrogen-bond acceptors (Lipinski definition) is 3. The van der Waals surface area contributed by atoms with Crippen molar-refractivity contribution in [3.8, 4) is 11.1 Å². The van der Waals surface area contributed by atoms with Gasteiger partial charge in [-0.25, -0.2) is 8.42 Å². The highest BCUT2D eigenvalue weighted by atomic mass is 35.5. The standard InChI is InChI=1S/C23H18ClNO3S/c1-16-6-5-11-25-21(16)13-19(22(25)14-26)20-12-18(24)9-10-23(20)29(27,28)15-17-7-3-2-4-8-17/h2-14H,15H2,1H3. The number of nitrogens with zero attached hydrogens (tertiary/aromatic N) is 1. The third kappa shape index (κ3) is 3.59. The lowest BCUT2D eigenvalue weighted by Gasteiger charge is -2.11. The normalized spacial score (nSPS) is 11.7. The Kier molecular flexibility index (Phi) is 5.03. The molecule has 6 heteroatoms. The molecule has 2 heterocycles. The van der Waals surface area contributed by atoms with Crippen LogP contribution in [-0.2, 0) is 15.6 Å². The molecule has 0 amide bonds. The molecule has 0 fully saturated rings. The van der Waals surface area contributed by atoms with Crippen molar-refractivity contribution in [3.05, 3.63) is 94.8 Å². The summed E-state index contributed by atoms with van der Waals surface area (Å²) < 4.78 is 28.3. The number of rotatable bonds is 5. The summed E-state index contributed by atoms with van der Waals surface area (Å²) in [4.78, 5) is 12.1. The number of fused-ring (bicyclic) bond motifs is 1. The van der Waals surface area contributed by atoms with E-state index in [1.807, 2.05) is 31.2 Å². The van der Waals surface area contributed by atoms with Gasteiger partial charge in [0, 0.05) is 27.9 Å². The number of sulfone groups is 1. The average Bonchev–Trinajstić information content (AvgIpc) is 3.08. The predicted octanol–water partition coefficient (Wildman–Crippen LogP) is 5.35. The van der Waals surface area contributed by atoms with Crippen molar-refractivity contribution >= 4 is 33.2 Å². The number of carbonyl (C=O) groups is 1. The van der Waals surface area contributed by atoms with Crippen LogP contribution in [0.1, 0.15) is 21.6 Å². The van der Waals surface area contributed by atoms with Gasteiger partial charge in [0.15, 0.2) is 16.1 Å². The van der Waals surface area contributed by atoms with Crippen LogP contribution < -0.4 is 0 Å². The van der Waals surface area contributed by atoms with Crippen LogP contribution in [0.3, 0.4) is 0 Å². The topological polar surface area (TPSA) is 55.6 Å². The van der Waals surface area contributed by atoms with Crippen LogP contribution in [0.5, 0.6) is 0 Å². The first-order chi connectivity index (χ1) is 13.9. The van der Waals surface area contributed by atoms with Gasteiger partial charge in [-0.1, -0.05) is 48.0 Å². The molecule has 0 atom stereocenters. The molecule has 0 aliphatic heterocycles. The third-order valence-corrected chi connectivity index (χ3v) is 6.91. The average molecular weight is 424 g/mol. The monoisotopic (exact) mass is 423 g/mol. The van der Waals surface area contributed by atoms with Gasteiger partial charge in [0.25, 0.3) is 0 Å². The van der Waals surface area contributed by atoms with Gasteiger partial charge in [0.1, 0.15) is 0 Å². The summed E-state index contributed by atoms with van der Waals surface area (Å²) in [6, 6.07) is 19.3. The zero-order valence-electron chi connectivity index (χ0n) is 15.7. The Hall–Kier alpha value is -2.89. The van der Waals surface area contributed by atoms with Crippen LogP contribution in [0, 0.1) is 6.92 Å². The molecule has 0 spiro atoms. The van der Waals surface area contributed by atoms with Crippen LogP contribution in [0.15, 0.2) is 77.8 Å². The summed E-state index contributed by atoms with van der Waals surface area (Å²) in [6.45, 7) is 1.94. The first-order valence-corrected chi connectivity index (χ1v) is 11.1. The van der Waals surface area contributed by atoms with Crippen LogP contribution in [-0.4, -0.2) is 19.1 Å². The molecule has 29 heavy (non-hydrogen) atoms. The lowest BCUT2D eigenvalue weighted by molar-refractivity contribution is 0.111. The zero-order chi connectivity index (χ0) is 20.6. The number of pyridine rings is 1. The molecule has 0 saturated carbocycles. The molecule has 4 nitrogen and oxygen atoms in total. The van der Waals surface area contributed by atoms with E-state index in [0.29, 0.717) is 27.4 Å². The van der Waals surface area contributed by atoms with Gasteiger partial charge in [0.05, 0.1) is 16.3 Å². The van der Waals surface area contributed by atoms with E-state index in [-0.39, 0.29) is 10.6 Å². The fraction of sp³-hybridized carbons (Fsp3) is 0.0870. The van der Waals surface area contributed by atoms with Crippen LogP contribution in [0.25, 0.3) is 16.6 Å². The lowest BCUT2D eigenvalue weighted by atomic mass is 10.1. The third-order valence-electron chi connectivity index (χ3n) is 4.94. The highest BCUT2D eigenvalue weighted by molar-refractivity contribution is 7.90. The minimum atomic E-state index is -3.67. The lowest BCUT2D eigenvalue weighted by Crippen LogP contribution is -2.07. The first-order valence-electron chi connectivity index (χ1n) is 9.03. The quantitative estimate of drug-likeness (QED) is 0.406. The summed E-state index contributed by atoms with van der Waals surface area (Å²) in [6.07, 6.45) is 2.54. The van der Waals surface area contributed by atoms with Crippen molar-refractivity contribution in [3.63, 3.8) is 0 Å². The summed E-state index contributed by atoms with van der Waals surface area (Å²) in [7, 11) is -3.67. The van der Waals surface area contributed by atoms with Gasteiger partial charge < -0.3 is 4.40 Å². The van der Waals surface area contributed by atoms with E-state index in [0.717, 1.165) is 17.4 Å². The second-order valence-corrected chi connectivity index (χ2v) is 9.29. The van der Waals surface area contributed by atoms with E-state index in [1.54, 1.807) is 47.0 Å². The number of carbonyl (C=O) groups excluding carboxylic acids is 1. The Morgan fingerprint density at radius 3 is 2.45 bits per heavy atom. The maximum Gasteiger partial charge on any atom is 0.183 e. The molecule has 0 saturated heterocycles. The zero-order valence-corrected chi connectivity index (χ0v) is 17.2. The number of aldehydes is 1. The van der Waals surface area contributed by atoms with Crippen molar-refractivity contribution in [2.75, 3.05) is 0 Å². The molecular weight excluding hydrogens is 406 g/mol. The minimum Gasteiger partial charge on any atom is -0.313 e. The maximum absolute atomic E-state index is 13.3. The molecule has 2 aromatic carbocycles. The van der Waals surface area contributed by atoms with E-state index < -0.39 is 9.84 Å². The van der Waals surface area contributed by atoms with Gasteiger partial charge >= 0.3 is 0 Å². The van der Waals surface area contributed by atoms with Gasteiger partial charge in [-0.05, 0) is 48.4 Å². The molecule has 146 valence electrons. The van der Waals surface area contributed by atoms with Gasteiger partial charge in [-0.3, -0.25) is 4.79 Å². The molecule has 0 N–H and O–H groups in total. The molecule has 0 aliphatic rings. The Morgan fingerprint density at radius 2 is 1.72 bits per heavy atom. The highest BCUT2D eigenvalue weighted by Crippen LogP contribution is 2.36. The second kappa shape index (κ2) is 7.50. The predicted molar refractivity (Wildman–Crippen MR) is 115 cm³/mol.